The average molecular weight is 285 g/mol. The van der Waals surface area contributed by atoms with Gasteiger partial charge in [-0.25, -0.2) is 0 Å². The summed E-state index contributed by atoms with van der Waals surface area (Å²) in [6.45, 7) is 6.67. The Labute approximate surface area is 125 Å². The van der Waals surface area contributed by atoms with Gasteiger partial charge < -0.3 is 16.0 Å². The van der Waals surface area contributed by atoms with Gasteiger partial charge in [0, 0.05) is 62.2 Å². The average Bonchev–Trinajstić information content (AvgIpc) is 2.49. The largest absolute Gasteiger partial charge is 0.399 e. The highest BCUT2D eigenvalue weighted by molar-refractivity contribution is 5.92. The number of nitrogens with one attached hydrogen (secondary N) is 1. The first-order chi connectivity index (χ1) is 10.2. The summed E-state index contributed by atoms with van der Waals surface area (Å²) in [6.07, 6.45) is 1.83. The first-order valence-electron chi connectivity index (χ1n) is 7.51. The molecule has 5 nitrogen and oxygen atoms in total. The van der Waals surface area contributed by atoms with Gasteiger partial charge in [-0.3, -0.25) is 9.88 Å². The second-order valence-electron chi connectivity index (χ2n) is 5.71. The lowest BCUT2D eigenvalue weighted by Gasteiger charge is -2.32. The number of benzene rings is 1. The Hall–Kier alpha value is -1.85. The van der Waals surface area contributed by atoms with Crippen LogP contribution in [-0.4, -0.2) is 61.1 Å². The zero-order valence-electron chi connectivity index (χ0n) is 12.5. The number of hydrogen-bond donors (Lipinski definition) is 2. The lowest BCUT2D eigenvalue weighted by Crippen LogP contribution is -2.45. The Kier molecular flexibility index (Phi) is 4.22. The first-order valence-corrected chi connectivity index (χ1v) is 7.51. The first kappa shape index (κ1) is 14.1. The van der Waals surface area contributed by atoms with Gasteiger partial charge >= 0.3 is 0 Å². The van der Waals surface area contributed by atoms with E-state index in [1.165, 1.54) is 0 Å². The molecule has 2 aromatic rings. The van der Waals surface area contributed by atoms with Crippen LogP contribution in [0.5, 0.6) is 0 Å². The van der Waals surface area contributed by atoms with Gasteiger partial charge in [0.15, 0.2) is 0 Å². The number of nitrogens with zero attached hydrogens (tertiary/aromatic N) is 3. The van der Waals surface area contributed by atoms with Crippen molar-refractivity contribution >= 4 is 22.3 Å². The minimum absolute atomic E-state index is 0.754. The summed E-state index contributed by atoms with van der Waals surface area (Å²) < 4.78 is 0. The van der Waals surface area contributed by atoms with Gasteiger partial charge in [-0.05, 0) is 31.3 Å². The Morgan fingerprint density at radius 1 is 1.19 bits per heavy atom. The number of nitrogens with two attached hydrogens (primary N) is 1. The predicted octanol–water partition coefficient (Wildman–Crippen LogP) is 1.48. The molecule has 0 atom stereocenters. The van der Waals surface area contributed by atoms with Crippen molar-refractivity contribution in [3.8, 4) is 0 Å². The Morgan fingerprint density at radius 2 is 2.00 bits per heavy atom. The van der Waals surface area contributed by atoms with E-state index in [2.05, 4.69) is 27.1 Å². The lowest BCUT2D eigenvalue weighted by molar-refractivity contribution is 0.158. The summed E-state index contributed by atoms with van der Waals surface area (Å²) in [4.78, 5) is 9.26. The molecule has 2 heterocycles. The van der Waals surface area contributed by atoms with Crippen molar-refractivity contribution in [2.75, 3.05) is 57.4 Å². The second kappa shape index (κ2) is 6.28. The van der Waals surface area contributed by atoms with E-state index in [1.807, 2.05) is 30.5 Å². The number of piperazine rings is 1. The molecule has 1 aromatic heterocycles. The molecule has 0 amide bonds. The van der Waals surface area contributed by atoms with Crippen molar-refractivity contribution in [1.82, 2.24) is 14.8 Å². The lowest BCUT2D eigenvalue weighted by atomic mass is 10.1. The number of likely N-dealkylation sites (N-methyl/N-ethyl adjacent to an activating group) is 1. The van der Waals surface area contributed by atoms with Crippen LogP contribution in [-0.2, 0) is 0 Å². The maximum Gasteiger partial charge on any atom is 0.0743 e. The smallest absolute Gasteiger partial charge is 0.0743 e. The fraction of sp³-hybridized carbons (Fsp3) is 0.438. The number of nitrogen functional groups attached to an aromatic ring is 1. The molecule has 1 aliphatic rings. The topological polar surface area (TPSA) is 57.4 Å². The number of pyridine rings is 1. The van der Waals surface area contributed by atoms with E-state index in [0.29, 0.717) is 0 Å². The number of hydrogen-bond acceptors (Lipinski definition) is 5. The van der Waals surface area contributed by atoms with Crippen molar-refractivity contribution < 1.29 is 0 Å². The summed E-state index contributed by atoms with van der Waals surface area (Å²) in [5, 5.41) is 4.66. The summed E-state index contributed by atoms with van der Waals surface area (Å²) in [5.74, 6) is 0. The maximum absolute atomic E-state index is 5.81. The number of aromatic nitrogens is 1. The molecule has 112 valence electrons. The van der Waals surface area contributed by atoms with Gasteiger partial charge in [-0.2, -0.15) is 0 Å². The molecule has 1 saturated heterocycles. The maximum atomic E-state index is 5.81. The van der Waals surface area contributed by atoms with Crippen molar-refractivity contribution in [3.63, 3.8) is 0 Å². The van der Waals surface area contributed by atoms with Crippen molar-refractivity contribution in [2.24, 2.45) is 0 Å². The van der Waals surface area contributed by atoms with Crippen LogP contribution in [0.25, 0.3) is 10.9 Å². The second-order valence-corrected chi connectivity index (χ2v) is 5.71. The molecule has 0 aliphatic carbocycles. The molecule has 0 spiro atoms. The molecule has 0 saturated carbocycles. The highest BCUT2D eigenvalue weighted by atomic mass is 15.2. The van der Waals surface area contributed by atoms with E-state index in [0.717, 1.165) is 61.5 Å². The fourth-order valence-corrected chi connectivity index (χ4v) is 2.74. The van der Waals surface area contributed by atoms with Crippen LogP contribution in [0.15, 0.2) is 30.5 Å². The zero-order valence-corrected chi connectivity index (χ0v) is 12.5. The van der Waals surface area contributed by atoms with Gasteiger partial charge in [-0.1, -0.05) is 0 Å². The van der Waals surface area contributed by atoms with E-state index in [9.17, 15) is 0 Å². The van der Waals surface area contributed by atoms with Gasteiger partial charge in [0.1, 0.15) is 0 Å². The van der Waals surface area contributed by atoms with Crippen LogP contribution >= 0.6 is 0 Å². The van der Waals surface area contributed by atoms with Crippen molar-refractivity contribution in [2.45, 2.75) is 0 Å². The molecule has 21 heavy (non-hydrogen) atoms. The third-order valence-electron chi connectivity index (χ3n) is 4.11. The zero-order chi connectivity index (χ0) is 14.7. The number of rotatable bonds is 4. The summed E-state index contributed by atoms with van der Waals surface area (Å²) in [7, 11) is 2.18. The van der Waals surface area contributed by atoms with Gasteiger partial charge in [0.2, 0.25) is 0 Å². The molecule has 5 heteroatoms. The fourth-order valence-electron chi connectivity index (χ4n) is 2.74. The van der Waals surface area contributed by atoms with E-state index in [4.69, 9.17) is 5.73 Å². The van der Waals surface area contributed by atoms with Crippen LogP contribution in [0, 0.1) is 0 Å². The standard InChI is InChI=1S/C16H23N5/c1-20-8-10-21(11-9-20)7-6-19-15-4-5-18-16-12-13(17)2-3-14(15)16/h2-5,12H,6-11,17H2,1H3,(H,18,19). The minimum atomic E-state index is 0.754. The van der Waals surface area contributed by atoms with Crippen LogP contribution in [0.3, 0.4) is 0 Å². The molecule has 3 rings (SSSR count). The third kappa shape index (κ3) is 3.43. The summed E-state index contributed by atoms with van der Waals surface area (Å²) in [5.41, 5.74) is 8.64. The van der Waals surface area contributed by atoms with Gasteiger partial charge in [0.05, 0.1) is 5.52 Å². The monoisotopic (exact) mass is 285 g/mol. The third-order valence-corrected chi connectivity index (χ3v) is 4.11. The van der Waals surface area contributed by atoms with E-state index in [-0.39, 0.29) is 0 Å². The molecule has 1 aliphatic heterocycles. The quantitative estimate of drug-likeness (QED) is 0.833. The molecular formula is C16H23N5. The van der Waals surface area contributed by atoms with E-state index in [1.54, 1.807) is 0 Å². The predicted molar refractivity (Wildman–Crippen MR) is 88.6 cm³/mol. The normalized spacial score (nSPS) is 17.2. The number of fused-ring (bicyclic) bond motifs is 1. The van der Waals surface area contributed by atoms with Crippen LogP contribution < -0.4 is 11.1 Å². The van der Waals surface area contributed by atoms with Crippen LogP contribution in [0.2, 0.25) is 0 Å². The highest BCUT2D eigenvalue weighted by Crippen LogP contribution is 2.23. The summed E-state index contributed by atoms with van der Waals surface area (Å²) in [6, 6.07) is 7.91. The van der Waals surface area contributed by atoms with Crippen LogP contribution in [0.1, 0.15) is 0 Å². The Morgan fingerprint density at radius 3 is 2.81 bits per heavy atom. The molecule has 1 fully saturated rings. The van der Waals surface area contributed by atoms with Crippen molar-refractivity contribution in [3.05, 3.63) is 30.5 Å². The van der Waals surface area contributed by atoms with Crippen molar-refractivity contribution in [1.29, 1.82) is 0 Å². The van der Waals surface area contributed by atoms with Crippen LogP contribution in [0.4, 0.5) is 11.4 Å². The Balaban J connectivity index is 1.60. The molecule has 0 radical (unpaired) electrons. The SMILES string of the molecule is CN1CCN(CCNc2ccnc3cc(N)ccc23)CC1. The number of anilines is 2. The highest BCUT2D eigenvalue weighted by Gasteiger charge is 2.12. The van der Waals surface area contributed by atoms with Gasteiger partial charge in [0.25, 0.3) is 0 Å². The van der Waals surface area contributed by atoms with Gasteiger partial charge in [-0.15, -0.1) is 0 Å². The molecule has 0 bridgehead atoms. The molecule has 0 unspecified atom stereocenters. The Bertz CT molecular complexity index is 605. The van der Waals surface area contributed by atoms with E-state index < -0.39 is 0 Å². The molecule has 3 N–H and O–H groups in total. The minimum Gasteiger partial charge on any atom is -0.399 e. The molecule has 1 aromatic carbocycles. The molecular weight excluding hydrogens is 262 g/mol. The summed E-state index contributed by atoms with van der Waals surface area (Å²) >= 11 is 0. The van der Waals surface area contributed by atoms with E-state index >= 15 is 0 Å².